The third kappa shape index (κ3) is 3.76. The number of nitrogens with zero attached hydrogens (tertiary/aromatic N) is 2. The van der Waals surface area contributed by atoms with Crippen LogP contribution in [0.2, 0.25) is 0 Å². The van der Waals surface area contributed by atoms with Gasteiger partial charge in [-0.2, -0.15) is 0 Å². The van der Waals surface area contributed by atoms with E-state index in [1.807, 2.05) is 60.7 Å². The molecule has 23 heavy (non-hydrogen) atoms. The molecule has 0 fully saturated rings. The van der Waals surface area contributed by atoms with E-state index in [0.29, 0.717) is 10.9 Å². The molecule has 0 bridgehead atoms. The predicted octanol–water partition coefficient (Wildman–Crippen LogP) is 4.06. The van der Waals surface area contributed by atoms with Crippen molar-refractivity contribution < 1.29 is 9.90 Å². The normalized spacial score (nSPS) is 11.8. The Labute approximate surface area is 138 Å². The van der Waals surface area contributed by atoms with E-state index in [1.165, 1.54) is 11.8 Å². The first kappa shape index (κ1) is 15.2. The SMILES string of the molecule is O=C(O)[C@H](Sc1ccnc(-c2ccccc2)n1)c1ccccc1. The number of thioether (sulfide) groups is 1. The maximum Gasteiger partial charge on any atom is 0.321 e. The first-order chi connectivity index (χ1) is 11.2. The molecular formula is C18H14N2O2S. The highest BCUT2D eigenvalue weighted by Gasteiger charge is 2.21. The molecule has 4 nitrogen and oxygen atoms in total. The van der Waals surface area contributed by atoms with Gasteiger partial charge in [-0.3, -0.25) is 4.79 Å². The summed E-state index contributed by atoms with van der Waals surface area (Å²) < 4.78 is 0. The fourth-order valence-corrected chi connectivity index (χ4v) is 3.06. The third-order valence-electron chi connectivity index (χ3n) is 3.23. The molecule has 0 saturated heterocycles. The van der Waals surface area contributed by atoms with Crippen molar-refractivity contribution in [3.63, 3.8) is 0 Å². The van der Waals surface area contributed by atoms with E-state index in [-0.39, 0.29) is 0 Å². The van der Waals surface area contributed by atoms with Crippen LogP contribution in [0.5, 0.6) is 0 Å². The summed E-state index contributed by atoms with van der Waals surface area (Å²) in [6, 6.07) is 20.5. The Morgan fingerprint density at radius 3 is 2.26 bits per heavy atom. The van der Waals surface area contributed by atoms with Crippen molar-refractivity contribution in [3.05, 3.63) is 78.5 Å². The van der Waals surface area contributed by atoms with Crippen LogP contribution in [0.3, 0.4) is 0 Å². The second kappa shape index (κ2) is 7.07. The summed E-state index contributed by atoms with van der Waals surface area (Å²) >= 11 is 1.21. The fourth-order valence-electron chi connectivity index (χ4n) is 2.14. The second-order valence-electron chi connectivity index (χ2n) is 4.83. The molecule has 2 aromatic carbocycles. The topological polar surface area (TPSA) is 63.1 Å². The second-order valence-corrected chi connectivity index (χ2v) is 5.96. The van der Waals surface area contributed by atoms with Crippen LogP contribution < -0.4 is 0 Å². The Hall–Kier alpha value is -2.66. The lowest BCUT2D eigenvalue weighted by atomic mass is 10.1. The van der Waals surface area contributed by atoms with Gasteiger partial charge >= 0.3 is 5.97 Å². The molecule has 0 aliphatic heterocycles. The molecule has 3 aromatic rings. The highest BCUT2D eigenvalue weighted by molar-refractivity contribution is 8.00. The molecule has 1 N–H and O–H groups in total. The van der Waals surface area contributed by atoms with E-state index in [0.717, 1.165) is 11.1 Å². The highest BCUT2D eigenvalue weighted by Crippen LogP contribution is 2.34. The molecule has 5 heteroatoms. The average Bonchev–Trinajstić information content (AvgIpc) is 2.61. The van der Waals surface area contributed by atoms with Crippen LogP contribution in [-0.2, 0) is 4.79 Å². The molecular weight excluding hydrogens is 308 g/mol. The highest BCUT2D eigenvalue weighted by atomic mass is 32.2. The summed E-state index contributed by atoms with van der Waals surface area (Å²) in [6.07, 6.45) is 1.65. The zero-order valence-electron chi connectivity index (χ0n) is 12.2. The molecule has 0 spiro atoms. The number of carbonyl (C=O) groups is 1. The predicted molar refractivity (Wildman–Crippen MR) is 90.1 cm³/mol. The number of benzene rings is 2. The monoisotopic (exact) mass is 322 g/mol. The number of aromatic nitrogens is 2. The molecule has 0 saturated carbocycles. The molecule has 0 aliphatic rings. The minimum absolute atomic E-state index is 0.591. The van der Waals surface area contributed by atoms with Crippen molar-refractivity contribution in [3.8, 4) is 11.4 Å². The number of rotatable bonds is 5. The van der Waals surface area contributed by atoms with E-state index in [2.05, 4.69) is 9.97 Å². The van der Waals surface area contributed by atoms with Crippen LogP contribution in [0, 0.1) is 0 Å². The molecule has 3 rings (SSSR count). The van der Waals surface area contributed by atoms with Crippen molar-refractivity contribution >= 4 is 17.7 Å². The fraction of sp³-hybridized carbons (Fsp3) is 0.0556. The minimum atomic E-state index is -0.888. The minimum Gasteiger partial charge on any atom is -0.480 e. The van der Waals surface area contributed by atoms with Gasteiger partial charge in [-0.15, -0.1) is 0 Å². The number of aliphatic carboxylic acids is 1. The van der Waals surface area contributed by atoms with Crippen LogP contribution >= 0.6 is 11.8 Å². The van der Waals surface area contributed by atoms with Gasteiger partial charge in [0.15, 0.2) is 5.82 Å². The summed E-state index contributed by atoms with van der Waals surface area (Å²) in [7, 11) is 0. The summed E-state index contributed by atoms with van der Waals surface area (Å²) in [5.41, 5.74) is 1.64. The summed E-state index contributed by atoms with van der Waals surface area (Å²) in [4.78, 5) is 20.3. The van der Waals surface area contributed by atoms with Gasteiger partial charge in [0.1, 0.15) is 10.3 Å². The number of carboxylic acids is 1. The lowest BCUT2D eigenvalue weighted by Gasteiger charge is -2.12. The molecule has 0 radical (unpaired) electrons. The largest absolute Gasteiger partial charge is 0.480 e. The van der Waals surface area contributed by atoms with Crippen molar-refractivity contribution in [2.45, 2.75) is 10.3 Å². The standard InChI is InChI=1S/C18H14N2O2S/c21-18(22)16(13-7-3-1-4-8-13)23-15-11-12-19-17(20-15)14-9-5-2-6-10-14/h1-12,16H,(H,21,22)/t16-/m1/s1. The van der Waals surface area contributed by atoms with Gasteiger partial charge in [0, 0.05) is 11.8 Å². The molecule has 0 unspecified atom stereocenters. The Morgan fingerprint density at radius 2 is 1.61 bits per heavy atom. The summed E-state index contributed by atoms with van der Waals surface area (Å²) in [6.45, 7) is 0. The van der Waals surface area contributed by atoms with E-state index in [1.54, 1.807) is 12.3 Å². The molecule has 1 heterocycles. The third-order valence-corrected chi connectivity index (χ3v) is 4.41. The lowest BCUT2D eigenvalue weighted by molar-refractivity contribution is -0.136. The van der Waals surface area contributed by atoms with Crippen LogP contribution in [0.1, 0.15) is 10.8 Å². The van der Waals surface area contributed by atoms with Gasteiger partial charge in [0.05, 0.1) is 0 Å². The van der Waals surface area contributed by atoms with Crippen LogP contribution in [0.4, 0.5) is 0 Å². The maximum absolute atomic E-state index is 11.6. The molecule has 0 aliphatic carbocycles. The first-order valence-corrected chi connectivity index (χ1v) is 7.95. The van der Waals surface area contributed by atoms with Crippen molar-refractivity contribution in [1.29, 1.82) is 0 Å². The van der Waals surface area contributed by atoms with Gasteiger partial charge in [0.25, 0.3) is 0 Å². The van der Waals surface area contributed by atoms with Crippen molar-refractivity contribution in [2.75, 3.05) is 0 Å². The van der Waals surface area contributed by atoms with E-state index in [9.17, 15) is 9.90 Å². The Kier molecular flexibility index (Phi) is 4.68. The summed E-state index contributed by atoms with van der Waals surface area (Å²) in [5.74, 6) is -0.297. The van der Waals surface area contributed by atoms with Gasteiger partial charge < -0.3 is 5.11 Å². The van der Waals surface area contributed by atoms with E-state index >= 15 is 0 Å². The van der Waals surface area contributed by atoms with Crippen LogP contribution in [-0.4, -0.2) is 21.0 Å². The zero-order valence-corrected chi connectivity index (χ0v) is 13.0. The van der Waals surface area contributed by atoms with Crippen LogP contribution in [0.25, 0.3) is 11.4 Å². The van der Waals surface area contributed by atoms with Gasteiger partial charge in [-0.25, -0.2) is 9.97 Å². The lowest BCUT2D eigenvalue weighted by Crippen LogP contribution is -2.08. The number of hydrogen-bond donors (Lipinski definition) is 1. The smallest absolute Gasteiger partial charge is 0.321 e. The molecule has 0 amide bonds. The van der Waals surface area contributed by atoms with E-state index in [4.69, 9.17) is 0 Å². The molecule has 1 aromatic heterocycles. The number of carboxylic acid groups (broad SMARTS) is 1. The molecule has 114 valence electrons. The van der Waals surface area contributed by atoms with E-state index < -0.39 is 11.2 Å². The van der Waals surface area contributed by atoms with Gasteiger partial charge in [0.2, 0.25) is 0 Å². The van der Waals surface area contributed by atoms with Gasteiger partial charge in [-0.05, 0) is 11.6 Å². The first-order valence-electron chi connectivity index (χ1n) is 7.07. The van der Waals surface area contributed by atoms with Crippen molar-refractivity contribution in [1.82, 2.24) is 9.97 Å². The van der Waals surface area contributed by atoms with Crippen molar-refractivity contribution in [2.24, 2.45) is 0 Å². The Balaban J connectivity index is 1.88. The Bertz CT molecular complexity index is 794. The quantitative estimate of drug-likeness (QED) is 0.567. The maximum atomic E-state index is 11.6. The average molecular weight is 322 g/mol. The summed E-state index contributed by atoms with van der Waals surface area (Å²) in [5, 5.41) is 9.45. The zero-order chi connectivity index (χ0) is 16.1. The Morgan fingerprint density at radius 1 is 0.957 bits per heavy atom. The number of hydrogen-bond acceptors (Lipinski definition) is 4. The molecule has 1 atom stereocenters. The van der Waals surface area contributed by atoms with Gasteiger partial charge in [-0.1, -0.05) is 72.4 Å². The van der Waals surface area contributed by atoms with Crippen LogP contribution in [0.15, 0.2) is 78.0 Å².